The van der Waals surface area contributed by atoms with Crippen LogP contribution in [0.1, 0.15) is 57.7 Å². The zero-order valence-corrected chi connectivity index (χ0v) is 29.6. The monoisotopic (exact) mass is 676 g/mol. The van der Waals surface area contributed by atoms with Gasteiger partial charge in [-0.1, -0.05) is 77.1 Å². The molecule has 3 aromatic carbocycles. The molecule has 0 aliphatic heterocycles. The highest BCUT2D eigenvalue weighted by Gasteiger charge is 2.36. The fourth-order valence-corrected chi connectivity index (χ4v) is 5.33. The standard InChI is InChI=1S/C38H52N4O7/c1-24(2)33(36(46)40-23-27-15-18-29(49-7)20-31(27)43)42-37(47)34(39-22-26-13-16-28(48-6)17-14-26)35(45)30(19-25-11-9-8-10-12-25)41-32(44)21-38(3,4)5/h8-18,20,24,30,33-35,39,43,45H,19,21-23H2,1-7H3,(H,40,46)(H,41,44)(H,42,47). The Kier molecular flexibility index (Phi) is 14.5. The molecule has 11 heteroatoms. The maximum absolute atomic E-state index is 14.1. The molecule has 266 valence electrons. The second-order valence-corrected chi connectivity index (χ2v) is 13.7. The van der Waals surface area contributed by atoms with Crippen LogP contribution in [0.4, 0.5) is 0 Å². The lowest BCUT2D eigenvalue weighted by Crippen LogP contribution is -2.62. The van der Waals surface area contributed by atoms with E-state index in [0.717, 1.165) is 11.1 Å². The summed E-state index contributed by atoms with van der Waals surface area (Å²) in [6.45, 7) is 9.70. The Hall–Kier alpha value is -4.61. The van der Waals surface area contributed by atoms with Crippen molar-refractivity contribution in [1.29, 1.82) is 0 Å². The number of nitrogens with one attached hydrogen (secondary N) is 4. The average molecular weight is 677 g/mol. The van der Waals surface area contributed by atoms with E-state index in [1.54, 1.807) is 45.2 Å². The molecule has 0 aliphatic rings. The smallest absolute Gasteiger partial charge is 0.243 e. The molecule has 0 radical (unpaired) electrons. The minimum Gasteiger partial charge on any atom is -0.507 e. The molecule has 4 atom stereocenters. The number of phenols is 1. The van der Waals surface area contributed by atoms with Crippen LogP contribution in [0.5, 0.6) is 17.2 Å². The fraction of sp³-hybridized carbons (Fsp3) is 0.447. The summed E-state index contributed by atoms with van der Waals surface area (Å²) in [5.74, 6) is -0.509. The molecule has 0 heterocycles. The molecule has 0 aliphatic carbocycles. The van der Waals surface area contributed by atoms with Gasteiger partial charge in [0, 0.05) is 31.1 Å². The number of methoxy groups -OCH3 is 2. The normalized spacial score (nSPS) is 13.9. The van der Waals surface area contributed by atoms with Crippen LogP contribution in [-0.2, 0) is 33.9 Å². The van der Waals surface area contributed by atoms with Gasteiger partial charge in [0.1, 0.15) is 29.3 Å². The minimum absolute atomic E-state index is 0.0223. The summed E-state index contributed by atoms with van der Waals surface area (Å²) in [5.41, 5.74) is 1.89. The number of hydrogen-bond acceptors (Lipinski definition) is 8. The molecule has 6 N–H and O–H groups in total. The van der Waals surface area contributed by atoms with Crippen LogP contribution in [0.25, 0.3) is 0 Å². The van der Waals surface area contributed by atoms with Crippen molar-refractivity contribution in [3.05, 3.63) is 89.5 Å². The van der Waals surface area contributed by atoms with Gasteiger partial charge in [-0.05, 0) is 53.1 Å². The van der Waals surface area contributed by atoms with Gasteiger partial charge in [0.2, 0.25) is 17.7 Å². The number of carbonyl (C=O) groups is 3. The highest BCUT2D eigenvalue weighted by molar-refractivity contribution is 5.90. The topological polar surface area (TPSA) is 158 Å². The van der Waals surface area contributed by atoms with Crippen LogP contribution < -0.4 is 30.7 Å². The number of aromatic hydroxyl groups is 1. The van der Waals surface area contributed by atoms with Crippen LogP contribution in [0.15, 0.2) is 72.8 Å². The molecule has 11 nitrogen and oxygen atoms in total. The number of amides is 3. The van der Waals surface area contributed by atoms with Crippen LogP contribution >= 0.6 is 0 Å². The van der Waals surface area contributed by atoms with Gasteiger partial charge < -0.3 is 35.6 Å². The molecule has 0 aromatic heterocycles. The van der Waals surface area contributed by atoms with Crippen LogP contribution in [0, 0.1) is 11.3 Å². The summed E-state index contributed by atoms with van der Waals surface area (Å²) in [7, 11) is 3.07. The lowest BCUT2D eigenvalue weighted by atomic mass is 9.90. The Morgan fingerprint density at radius 3 is 1.98 bits per heavy atom. The number of ether oxygens (including phenoxy) is 2. The predicted molar refractivity (Wildman–Crippen MR) is 189 cm³/mol. The fourth-order valence-electron chi connectivity index (χ4n) is 5.33. The number of benzene rings is 3. The van der Waals surface area contributed by atoms with Gasteiger partial charge in [-0.15, -0.1) is 0 Å². The molecule has 0 bridgehead atoms. The molecule has 0 fully saturated rings. The second kappa shape index (κ2) is 18.2. The summed E-state index contributed by atoms with van der Waals surface area (Å²) in [4.78, 5) is 40.7. The van der Waals surface area contributed by atoms with Crippen LogP contribution in [0.3, 0.4) is 0 Å². The number of aliphatic hydroxyl groups is 1. The Morgan fingerprint density at radius 2 is 1.41 bits per heavy atom. The van der Waals surface area contributed by atoms with E-state index in [-0.39, 0.29) is 48.9 Å². The third kappa shape index (κ3) is 12.4. The number of carbonyl (C=O) groups excluding carboxylic acids is 3. The van der Waals surface area contributed by atoms with Gasteiger partial charge in [-0.2, -0.15) is 0 Å². The first-order valence-electron chi connectivity index (χ1n) is 16.5. The molecular weight excluding hydrogens is 624 g/mol. The van der Waals surface area contributed by atoms with Gasteiger partial charge in [0.25, 0.3) is 0 Å². The molecule has 3 amide bonds. The highest BCUT2D eigenvalue weighted by Crippen LogP contribution is 2.23. The van der Waals surface area contributed by atoms with Crippen LogP contribution in [0.2, 0.25) is 0 Å². The Bertz CT molecular complexity index is 1510. The summed E-state index contributed by atoms with van der Waals surface area (Å²) < 4.78 is 10.4. The molecule has 3 aromatic rings. The van der Waals surface area contributed by atoms with E-state index in [2.05, 4.69) is 21.3 Å². The van der Waals surface area contributed by atoms with E-state index in [1.807, 2.05) is 63.2 Å². The van der Waals surface area contributed by atoms with Crippen molar-refractivity contribution in [3.63, 3.8) is 0 Å². The van der Waals surface area contributed by atoms with Crippen molar-refractivity contribution in [2.24, 2.45) is 11.3 Å². The lowest BCUT2D eigenvalue weighted by Gasteiger charge is -2.33. The van der Waals surface area contributed by atoms with E-state index in [0.29, 0.717) is 17.1 Å². The first-order chi connectivity index (χ1) is 23.2. The van der Waals surface area contributed by atoms with Gasteiger partial charge in [-0.25, -0.2) is 0 Å². The van der Waals surface area contributed by atoms with E-state index in [9.17, 15) is 24.6 Å². The maximum atomic E-state index is 14.1. The van der Waals surface area contributed by atoms with Crippen molar-refractivity contribution in [3.8, 4) is 17.2 Å². The Labute approximate surface area is 289 Å². The molecule has 3 rings (SSSR count). The lowest BCUT2D eigenvalue weighted by molar-refractivity contribution is -0.133. The first kappa shape index (κ1) is 38.8. The summed E-state index contributed by atoms with van der Waals surface area (Å²) in [6.07, 6.45) is -0.888. The highest BCUT2D eigenvalue weighted by atomic mass is 16.5. The summed E-state index contributed by atoms with van der Waals surface area (Å²) in [6, 6.07) is 18.5. The van der Waals surface area contributed by atoms with Gasteiger partial charge in [0.05, 0.1) is 26.4 Å². The van der Waals surface area contributed by atoms with Gasteiger partial charge in [-0.3, -0.25) is 19.7 Å². The predicted octanol–water partition coefficient (Wildman–Crippen LogP) is 3.85. The number of phenolic OH excluding ortho intramolecular Hbond substituents is 1. The SMILES string of the molecule is COc1ccc(CNC(C(=O)NC(C(=O)NCc2ccc(OC)cc2O)C(C)C)C(O)C(Cc2ccccc2)NC(=O)CC(C)(C)C)cc1. The molecule has 4 unspecified atom stereocenters. The van der Waals surface area contributed by atoms with Crippen molar-refractivity contribution in [1.82, 2.24) is 21.3 Å². The Morgan fingerprint density at radius 1 is 0.776 bits per heavy atom. The van der Waals surface area contributed by atoms with Crippen molar-refractivity contribution >= 4 is 17.7 Å². The average Bonchev–Trinajstić information content (AvgIpc) is 3.05. The third-order valence-electron chi connectivity index (χ3n) is 8.05. The summed E-state index contributed by atoms with van der Waals surface area (Å²) in [5, 5.41) is 34.1. The van der Waals surface area contributed by atoms with Crippen molar-refractivity contribution < 1.29 is 34.1 Å². The van der Waals surface area contributed by atoms with Gasteiger partial charge in [0.15, 0.2) is 0 Å². The first-order valence-corrected chi connectivity index (χ1v) is 16.5. The van der Waals surface area contributed by atoms with E-state index in [4.69, 9.17) is 9.47 Å². The van der Waals surface area contributed by atoms with Crippen molar-refractivity contribution in [2.45, 2.75) is 84.8 Å². The largest absolute Gasteiger partial charge is 0.507 e. The Balaban J connectivity index is 1.88. The zero-order valence-electron chi connectivity index (χ0n) is 29.6. The molecule has 0 spiro atoms. The molecule has 0 saturated carbocycles. The van der Waals surface area contributed by atoms with Crippen LogP contribution in [-0.4, -0.2) is 66.4 Å². The van der Waals surface area contributed by atoms with Gasteiger partial charge >= 0.3 is 0 Å². The second-order valence-electron chi connectivity index (χ2n) is 13.7. The molecule has 49 heavy (non-hydrogen) atoms. The third-order valence-corrected chi connectivity index (χ3v) is 8.05. The van der Waals surface area contributed by atoms with E-state index < -0.39 is 36.0 Å². The molecular formula is C38H52N4O7. The quantitative estimate of drug-likeness (QED) is 0.126. The molecule has 0 saturated heterocycles. The maximum Gasteiger partial charge on any atom is 0.243 e. The summed E-state index contributed by atoms with van der Waals surface area (Å²) >= 11 is 0. The van der Waals surface area contributed by atoms with E-state index >= 15 is 0 Å². The van der Waals surface area contributed by atoms with E-state index in [1.165, 1.54) is 13.2 Å². The zero-order chi connectivity index (χ0) is 36.1. The number of hydrogen-bond donors (Lipinski definition) is 6. The number of rotatable bonds is 17. The minimum atomic E-state index is -1.38. The van der Waals surface area contributed by atoms with Crippen molar-refractivity contribution in [2.75, 3.05) is 14.2 Å². The number of aliphatic hydroxyl groups excluding tert-OH is 1.